The quantitative estimate of drug-likeness (QED) is 0.938. The first kappa shape index (κ1) is 14.5. The second kappa shape index (κ2) is 5.62. The summed E-state index contributed by atoms with van der Waals surface area (Å²) < 4.78 is 39.5. The SMILES string of the molecule is CC(C)NCc1ncnn1-c1cccc(C(F)(F)F)c1. The molecule has 1 N–H and O–H groups in total. The molecule has 0 fully saturated rings. The number of hydrogen-bond donors (Lipinski definition) is 1. The normalized spacial score (nSPS) is 12.1. The van der Waals surface area contributed by atoms with E-state index in [1.807, 2.05) is 13.8 Å². The summed E-state index contributed by atoms with van der Waals surface area (Å²) in [5.74, 6) is 0.568. The molecular formula is C13H15F3N4. The summed E-state index contributed by atoms with van der Waals surface area (Å²) >= 11 is 0. The minimum atomic E-state index is -4.37. The Morgan fingerprint density at radius 2 is 2.05 bits per heavy atom. The van der Waals surface area contributed by atoms with Gasteiger partial charge in [0, 0.05) is 6.04 Å². The van der Waals surface area contributed by atoms with Crippen LogP contribution < -0.4 is 5.32 Å². The third-order valence-corrected chi connectivity index (χ3v) is 2.70. The molecule has 0 saturated carbocycles. The number of alkyl halides is 3. The van der Waals surface area contributed by atoms with Crippen molar-refractivity contribution in [2.24, 2.45) is 0 Å². The average molecular weight is 284 g/mol. The van der Waals surface area contributed by atoms with Crippen molar-refractivity contribution in [2.75, 3.05) is 0 Å². The fourth-order valence-corrected chi connectivity index (χ4v) is 1.71. The van der Waals surface area contributed by atoms with Gasteiger partial charge in [-0.25, -0.2) is 9.67 Å². The molecule has 2 aromatic rings. The molecular weight excluding hydrogens is 269 g/mol. The van der Waals surface area contributed by atoms with Crippen LogP contribution in [-0.2, 0) is 12.7 Å². The molecule has 0 amide bonds. The van der Waals surface area contributed by atoms with E-state index in [-0.39, 0.29) is 6.04 Å². The zero-order chi connectivity index (χ0) is 14.8. The maximum Gasteiger partial charge on any atom is 0.416 e. The Hall–Kier alpha value is -1.89. The van der Waals surface area contributed by atoms with Gasteiger partial charge in [0.15, 0.2) is 0 Å². The van der Waals surface area contributed by atoms with Crippen LogP contribution in [0.1, 0.15) is 25.2 Å². The van der Waals surface area contributed by atoms with Crippen molar-refractivity contribution in [3.8, 4) is 5.69 Å². The molecule has 2 rings (SSSR count). The molecule has 1 heterocycles. The summed E-state index contributed by atoms with van der Waals surface area (Å²) in [6.07, 6.45) is -3.04. The number of nitrogens with one attached hydrogen (secondary N) is 1. The second-order valence-electron chi connectivity index (χ2n) is 4.67. The third-order valence-electron chi connectivity index (χ3n) is 2.70. The molecule has 20 heavy (non-hydrogen) atoms. The van der Waals surface area contributed by atoms with E-state index in [9.17, 15) is 13.2 Å². The Morgan fingerprint density at radius 1 is 1.30 bits per heavy atom. The standard InChI is InChI=1S/C13H15F3N4/c1-9(2)17-7-12-18-8-19-20(12)11-5-3-4-10(6-11)13(14,15)16/h3-6,8-9,17H,7H2,1-2H3. The topological polar surface area (TPSA) is 42.7 Å². The van der Waals surface area contributed by atoms with Crippen molar-refractivity contribution >= 4 is 0 Å². The molecule has 0 bridgehead atoms. The first-order valence-corrected chi connectivity index (χ1v) is 6.18. The zero-order valence-corrected chi connectivity index (χ0v) is 11.1. The highest BCUT2D eigenvalue weighted by Gasteiger charge is 2.30. The van der Waals surface area contributed by atoms with Crippen LogP contribution in [0.3, 0.4) is 0 Å². The predicted octanol–water partition coefficient (Wildman–Crippen LogP) is 2.78. The minimum Gasteiger partial charge on any atom is -0.308 e. The summed E-state index contributed by atoms with van der Waals surface area (Å²) in [5.41, 5.74) is -0.355. The van der Waals surface area contributed by atoms with Gasteiger partial charge in [0.25, 0.3) is 0 Å². The van der Waals surface area contributed by atoms with E-state index in [2.05, 4.69) is 15.4 Å². The highest BCUT2D eigenvalue weighted by Crippen LogP contribution is 2.30. The van der Waals surface area contributed by atoms with Crippen LogP contribution in [0.25, 0.3) is 5.69 Å². The van der Waals surface area contributed by atoms with Crippen molar-refractivity contribution in [1.29, 1.82) is 0 Å². The number of rotatable bonds is 4. The van der Waals surface area contributed by atoms with Gasteiger partial charge in [0.05, 0.1) is 17.8 Å². The van der Waals surface area contributed by atoms with Crippen LogP contribution >= 0.6 is 0 Å². The molecule has 108 valence electrons. The highest BCUT2D eigenvalue weighted by molar-refractivity contribution is 5.36. The third kappa shape index (κ3) is 3.36. The van der Waals surface area contributed by atoms with Crippen molar-refractivity contribution in [2.45, 2.75) is 32.6 Å². The van der Waals surface area contributed by atoms with E-state index in [1.165, 1.54) is 17.1 Å². The largest absolute Gasteiger partial charge is 0.416 e. The maximum absolute atomic E-state index is 12.7. The first-order valence-electron chi connectivity index (χ1n) is 6.18. The Kier molecular flexibility index (Phi) is 4.08. The van der Waals surface area contributed by atoms with Gasteiger partial charge >= 0.3 is 6.18 Å². The summed E-state index contributed by atoms with van der Waals surface area (Å²) in [4.78, 5) is 4.06. The summed E-state index contributed by atoms with van der Waals surface area (Å²) in [6.45, 7) is 4.39. The van der Waals surface area contributed by atoms with E-state index in [0.717, 1.165) is 12.1 Å². The Morgan fingerprint density at radius 3 is 2.70 bits per heavy atom. The van der Waals surface area contributed by atoms with Gasteiger partial charge in [-0.1, -0.05) is 19.9 Å². The van der Waals surface area contributed by atoms with Crippen LogP contribution in [-0.4, -0.2) is 20.8 Å². The number of nitrogens with zero attached hydrogens (tertiary/aromatic N) is 3. The summed E-state index contributed by atoms with van der Waals surface area (Å²) in [7, 11) is 0. The Balaban J connectivity index is 2.30. The zero-order valence-electron chi connectivity index (χ0n) is 11.1. The van der Waals surface area contributed by atoms with Gasteiger partial charge in [-0.05, 0) is 18.2 Å². The van der Waals surface area contributed by atoms with Crippen LogP contribution in [0.4, 0.5) is 13.2 Å². The van der Waals surface area contributed by atoms with Gasteiger partial charge in [0.2, 0.25) is 0 Å². The molecule has 0 aliphatic heterocycles. The lowest BCUT2D eigenvalue weighted by molar-refractivity contribution is -0.137. The average Bonchev–Trinajstić information content (AvgIpc) is 2.83. The molecule has 0 aliphatic carbocycles. The summed E-state index contributed by atoms with van der Waals surface area (Å²) in [6, 6.07) is 5.28. The Labute approximate surface area is 114 Å². The lowest BCUT2D eigenvalue weighted by atomic mass is 10.2. The number of halogens is 3. The monoisotopic (exact) mass is 284 g/mol. The lowest BCUT2D eigenvalue weighted by Crippen LogP contribution is -2.24. The van der Waals surface area contributed by atoms with E-state index < -0.39 is 11.7 Å². The van der Waals surface area contributed by atoms with Crippen molar-refractivity contribution in [3.05, 3.63) is 42.0 Å². The summed E-state index contributed by atoms with van der Waals surface area (Å²) in [5, 5.41) is 7.14. The van der Waals surface area contributed by atoms with Crippen LogP contribution in [0.5, 0.6) is 0 Å². The molecule has 0 radical (unpaired) electrons. The van der Waals surface area contributed by atoms with Gasteiger partial charge in [-0.3, -0.25) is 0 Å². The molecule has 0 atom stereocenters. The molecule has 1 aromatic carbocycles. The smallest absolute Gasteiger partial charge is 0.308 e. The van der Waals surface area contributed by atoms with Gasteiger partial charge in [0.1, 0.15) is 12.2 Å². The molecule has 0 saturated heterocycles. The van der Waals surface area contributed by atoms with Gasteiger partial charge < -0.3 is 5.32 Å². The Bertz CT molecular complexity index is 575. The van der Waals surface area contributed by atoms with E-state index in [1.54, 1.807) is 6.07 Å². The fraction of sp³-hybridized carbons (Fsp3) is 0.385. The number of benzene rings is 1. The first-order chi connectivity index (χ1) is 9.38. The highest BCUT2D eigenvalue weighted by atomic mass is 19.4. The minimum absolute atomic E-state index is 0.252. The number of aromatic nitrogens is 3. The van der Waals surface area contributed by atoms with Gasteiger partial charge in [-0.2, -0.15) is 18.3 Å². The molecule has 0 spiro atoms. The molecule has 4 nitrogen and oxygen atoms in total. The van der Waals surface area contributed by atoms with Gasteiger partial charge in [-0.15, -0.1) is 0 Å². The maximum atomic E-state index is 12.7. The van der Waals surface area contributed by atoms with E-state index >= 15 is 0 Å². The fourth-order valence-electron chi connectivity index (χ4n) is 1.71. The van der Waals surface area contributed by atoms with Crippen LogP contribution in [0.15, 0.2) is 30.6 Å². The molecule has 0 aliphatic rings. The molecule has 0 unspecified atom stereocenters. The van der Waals surface area contributed by atoms with Crippen LogP contribution in [0, 0.1) is 0 Å². The van der Waals surface area contributed by atoms with E-state index in [0.29, 0.717) is 18.1 Å². The van der Waals surface area contributed by atoms with E-state index in [4.69, 9.17) is 0 Å². The second-order valence-corrected chi connectivity index (χ2v) is 4.67. The van der Waals surface area contributed by atoms with Crippen molar-refractivity contribution < 1.29 is 13.2 Å². The van der Waals surface area contributed by atoms with Crippen molar-refractivity contribution in [1.82, 2.24) is 20.1 Å². The lowest BCUT2D eigenvalue weighted by Gasteiger charge is -2.11. The number of hydrogen-bond acceptors (Lipinski definition) is 3. The molecule has 7 heteroatoms. The molecule has 1 aromatic heterocycles. The van der Waals surface area contributed by atoms with Crippen LogP contribution in [0.2, 0.25) is 0 Å². The predicted molar refractivity (Wildman–Crippen MR) is 68.3 cm³/mol. The van der Waals surface area contributed by atoms with Crippen molar-refractivity contribution in [3.63, 3.8) is 0 Å².